The zero-order valence-corrected chi connectivity index (χ0v) is 12.1. The van der Waals surface area contributed by atoms with Gasteiger partial charge in [0.2, 0.25) is 0 Å². The van der Waals surface area contributed by atoms with E-state index in [2.05, 4.69) is 22.3 Å². The number of nitrogens with two attached hydrogens (primary N) is 1. The second-order valence-corrected chi connectivity index (χ2v) is 4.67. The molecular weight excluding hydrogens is 264 g/mol. The minimum absolute atomic E-state index is 0.118. The van der Waals surface area contributed by atoms with Crippen LogP contribution in [0.5, 0.6) is 0 Å². The summed E-state index contributed by atoms with van der Waals surface area (Å²) in [5.41, 5.74) is 7.78. The van der Waals surface area contributed by atoms with Crippen molar-refractivity contribution in [2.24, 2.45) is 12.8 Å². The first-order chi connectivity index (χ1) is 10.1. The van der Waals surface area contributed by atoms with Gasteiger partial charge in [0.1, 0.15) is 5.69 Å². The number of benzene rings is 1. The van der Waals surface area contributed by atoms with E-state index in [1.165, 1.54) is 0 Å². The molecule has 2 rings (SSSR count). The predicted octanol–water partition coefficient (Wildman–Crippen LogP) is 1.22. The Hall–Kier alpha value is -2.58. The molecule has 0 aliphatic heterocycles. The van der Waals surface area contributed by atoms with E-state index in [1.807, 2.05) is 31.2 Å². The fourth-order valence-corrected chi connectivity index (χ4v) is 1.99. The van der Waals surface area contributed by atoms with Crippen molar-refractivity contribution >= 4 is 5.91 Å². The molecule has 1 aromatic carbocycles. The molecule has 0 spiro atoms. The number of aromatic nitrogens is 2. The summed E-state index contributed by atoms with van der Waals surface area (Å²) in [6.07, 6.45) is 1.60. The zero-order valence-electron chi connectivity index (χ0n) is 12.1. The monoisotopic (exact) mass is 282 g/mol. The number of rotatable bonds is 3. The van der Waals surface area contributed by atoms with Crippen molar-refractivity contribution in [2.75, 3.05) is 6.54 Å². The Balaban J connectivity index is 2.11. The Kier molecular flexibility index (Phi) is 4.75. The van der Waals surface area contributed by atoms with Crippen LogP contribution < -0.4 is 11.1 Å². The molecular formula is C16H18N4O. The van der Waals surface area contributed by atoms with Crippen LogP contribution >= 0.6 is 0 Å². The van der Waals surface area contributed by atoms with Crippen molar-refractivity contribution in [3.63, 3.8) is 0 Å². The lowest BCUT2D eigenvalue weighted by Gasteiger charge is -2.14. The lowest BCUT2D eigenvalue weighted by Crippen LogP contribution is -2.28. The molecule has 0 fully saturated rings. The molecule has 5 nitrogen and oxygen atoms in total. The minimum Gasteiger partial charge on any atom is -0.344 e. The van der Waals surface area contributed by atoms with Gasteiger partial charge < -0.3 is 11.1 Å². The average molecular weight is 282 g/mol. The van der Waals surface area contributed by atoms with Gasteiger partial charge in [-0.15, -0.1) is 0 Å². The van der Waals surface area contributed by atoms with Crippen molar-refractivity contribution in [1.82, 2.24) is 15.1 Å². The first kappa shape index (κ1) is 14.8. The summed E-state index contributed by atoms with van der Waals surface area (Å²) in [4.78, 5) is 12.2. The molecule has 1 heterocycles. The van der Waals surface area contributed by atoms with Crippen molar-refractivity contribution < 1.29 is 4.79 Å². The molecule has 2 aromatic rings. The van der Waals surface area contributed by atoms with Gasteiger partial charge in [-0.1, -0.05) is 24.0 Å². The van der Waals surface area contributed by atoms with Crippen molar-refractivity contribution in [3.05, 3.63) is 53.3 Å². The number of aryl methyl sites for hydroxylation is 1. The van der Waals surface area contributed by atoms with E-state index in [4.69, 9.17) is 5.73 Å². The molecule has 1 aromatic heterocycles. The highest BCUT2D eigenvalue weighted by Crippen LogP contribution is 2.14. The molecule has 1 amide bonds. The van der Waals surface area contributed by atoms with Gasteiger partial charge in [0.25, 0.3) is 5.91 Å². The summed E-state index contributed by atoms with van der Waals surface area (Å²) in [6.45, 7) is 2.26. The van der Waals surface area contributed by atoms with E-state index in [9.17, 15) is 4.79 Å². The number of amides is 1. The summed E-state index contributed by atoms with van der Waals surface area (Å²) in [7, 11) is 1.74. The summed E-state index contributed by atoms with van der Waals surface area (Å²) < 4.78 is 1.55. The molecule has 21 heavy (non-hydrogen) atoms. The van der Waals surface area contributed by atoms with Gasteiger partial charge >= 0.3 is 0 Å². The van der Waals surface area contributed by atoms with Crippen LogP contribution in [0.3, 0.4) is 0 Å². The van der Waals surface area contributed by atoms with Crippen LogP contribution in [0.25, 0.3) is 0 Å². The molecule has 0 aliphatic rings. The number of hydrogen-bond acceptors (Lipinski definition) is 3. The van der Waals surface area contributed by atoms with E-state index in [0.29, 0.717) is 12.2 Å². The van der Waals surface area contributed by atoms with E-state index in [1.54, 1.807) is 24.0 Å². The number of nitrogens with one attached hydrogen (secondary N) is 1. The highest BCUT2D eigenvalue weighted by molar-refractivity contribution is 5.92. The zero-order chi connectivity index (χ0) is 15.2. The van der Waals surface area contributed by atoms with Crippen LogP contribution in [0.1, 0.15) is 34.6 Å². The number of carbonyl (C=O) groups is 1. The van der Waals surface area contributed by atoms with Gasteiger partial charge in [-0.2, -0.15) is 5.10 Å². The Morgan fingerprint density at radius 3 is 2.95 bits per heavy atom. The number of hydrogen-bond donors (Lipinski definition) is 2. The fraction of sp³-hybridized carbons (Fsp3) is 0.250. The van der Waals surface area contributed by atoms with E-state index >= 15 is 0 Å². The van der Waals surface area contributed by atoms with Crippen LogP contribution in [-0.4, -0.2) is 22.2 Å². The van der Waals surface area contributed by atoms with Gasteiger partial charge in [0.15, 0.2) is 0 Å². The molecule has 5 heteroatoms. The van der Waals surface area contributed by atoms with Crippen molar-refractivity contribution in [1.29, 1.82) is 0 Å². The summed E-state index contributed by atoms with van der Waals surface area (Å²) in [6, 6.07) is 9.32. The van der Waals surface area contributed by atoms with E-state index < -0.39 is 0 Å². The predicted molar refractivity (Wildman–Crippen MR) is 81.5 cm³/mol. The third-order valence-corrected chi connectivity index (χ3v) is 3.12. The molecule has 108 valence electrons. The molecule has 0 saturated carbocycles. The molecule has 0 aliphatic carbocycles. The van der Waals surface area contributed by atoms with Gasteiger partial charge in [-0.3, -0.25) is 9.48 Å². The maximum absolute atomic E-state index is 12.2. The van der Waals surface area contributed by atoms with Crippen molar-refractivity contribution in [3.8, 4) is 11.8 Å². The lowest BCUT2D eigenvalue weighted by molar-refractivity contribution is 0.0930. The molecule has 3 N–H and O–H groups in total. The van der Waals surface area contributed by atoms with Crippen LogP contribution in [-0.2, 0) is 7.05 Å². The van der Waals surface area contributed by atoms with Gasteiger partial charge in [-0.25, -0.2) is 0 Å². The SMILES string of the molecule is CC(NC(=O)c1ccnn1C)c1cccc(C#CCN)c1. The van der Waals surface area contributed by atoms with Crippen LogP contribution in [0, 0.1) is 11.8 Å². The van der Waals surface area contributed by atoms with Gasteiger partial charge in [0, 0.05) is 18.8 Å². The summed E-state index contributed by atoms with van der Waals surface area (Å²) >= 11 is 0. The maximum Gasteiger partial charge on any atom is 0.270 e. The first-order valence-electron chi connectivity index (χ1n) is 6.69. The summed E-state index contributed by atoms with van der Waals surface area (Å²) in [5, 5.41) is 6.94. The highest BCUT2D eigenvalue weighted by atomic mass is 16.2. The number of carbonyl (C=O) groups excluding carboxylic acids is 1. The average Bonchev–Trinajstić information content (AvgIpc) is 2.91. The summed E-state index contributed by atoms with van der Waals surface area (Å²) in [5.74, 6) is 5.66. The van der Waals surface area contributed by atoms with E-state index in [0.717, 1.165) is 11.1 Å². The van der Waals surface area contributed by atoms with E-state index in [-0.39, 0.29) is 11.9 Å². The maximum atomic E-state index is 12.2. The number of nitrogens with zero attached hydrogens (tertiary/aromatic N) is 2. The van der Waals surface area contributed by atoms with Gasteiger partial charge in [-0.05, 0) is 30.7 Å². The second-order valence-electron chi connectivity index (χ2n) is 4.67. The topological polar surface area (TPSA) is 72.9 Å². The van der Waals surface area contributed by atoms with Crippen LogP contribution in [0.4, 0.5) is 0 Å². The highest BCUT2D eigenvalue weighted by Gasteiger charge is 2.14. The normalized spacial score (nSPS) is 11.4. The molecule has 1 unspecified atom stereocenters. The molecule has 0 saturated heterocycles. The molecule has 1 atom stereocenters. The molecule has 0 bridgehead atoms. The van der Waals surface area contributed by atoms with Crippen LogP contribution in [0.2, 0.25) is 0 Å². The van der Waals surface area contributed by atoms with Crippen molar-refractivity contribution in [2.45, 2.75) is 13.0 Å². The third-order valence-electron chi connectivity index (χ3n) is 3.12. The van der Waals surface area contributed by atoms with Gasteiger partial charge in [0.05, 0.1) is 12.6 Å². The standard InChI is InChI=1S/C16H18N4O/c1-12(19-16(21)15-8-10-18-20(15)2)14-7-3-5-13(11-14)6-4-9-17/h3,5,7-8,10-12H,9,17H2,1-2H3,(H,19,21). The second kappa shape index (κ2) is 6.73. The first-order valence-corrected chi connectivity index (χ1v) is 6.69. The Bertz CT molecular complexity index is 694. The largest absolute Gasteiger partial charge is 0.344 e. The Morgan fingerprint density at radius 1 is 1.48 bits per heavy atom. The third kappa shape index (κ3) is 3.71. The fourth-order valence-electron chi connectivity index (χ4n) is 1.99. The minimum atomic E-state index is -0.152. The Morgan fingerprint density at radius 2 is 2.29 bits per heavy atom. The Labute approximate surface area is 124 Å². The van der Waals surface area contributed by atoms with Crippen LogP contribution in [0.15, 0.2) is 36.5 Å². The lowest BCUT2D eigenvalue weighted by atomic mass is 10.1. The smallest absolute Gasteiger partial charge is 0.270 e. The molecule has 0 radical (unpaired) electrons. The quantitative estimate of drug-likeness (QED) is 0.831.